The summed E-state index contributed by atoms with van der Waals surface area (Å²) >= 11 is 0. The molecule has 1 aromatic carbocycles. The zero-order valence-corrected chi connectivity index (χ0v) is 9.38. The highest BCUT2D eigenvalue weighted by molar-refractivity contribution is 5.95. The van der Waals surface area contributed by atoms with Gasteiger partial charge in [-0.2, -0.15) is 0 Å². The van der Waals surface area contributed by atoms with Crippen LogP contribution in [0.4, 0.5) is 11.5 Å². The van der Waals surface area contributed by atoms with E-state index in [1.165, 1.54) is 6.07 Å². The van der Waals surface area contributed by atoms with Crippen LogP contribution in [0.25, 0.3) is 10.9 Å². The lowest BCUT2D eigenvalue weighted by atomic mass is 10.2. The maximum absolute atomic E-state index is 10.9. The molecule has 0 aliphatic carbocycles. The van der Waals surface area contributed by atoms with Gasteiger partial charge in [0.15, 0.2) is 0 Å². The molecule has 88 valence electrons. The van der Waals surface area contributed by atoms with Crippen LogP contribution in [-0.2, 0) is 6.42 Å². The smallest absolute Gasteiger partial charge is 0.282 e. The average Bonchev–Trinajstić information content (AvgIpc) is 2.28. The average molecular weight is 232 g/mol. The lowest BCUT2D eigenvalue weighted by Gasteiger charge is -2.04. The van der Waals surface area contributed by atoms with Crippen LogP contribution >= 0.6 is 0 Å². The van der Waals surface area contributed by atoms with Gasteiger partial charge in [-0.05, 0) is 12.5 Å². The summed E-state index contributed by atoms with van der Waals surface area (Å²) in [6.45, 7) is 2.01. The van der Waals surface area contributed by atoms with E-state index >= 15 is 0 Å². The van der Waals surface area contributed by atoms with E-state index in [-0.39, 0.29) is 11.5 Å². The molecule has 0 radical (unpaired) electrons. The Labute approximate surface area is 97.6 Å². The molecule has 0 unspecified atom stereocenters. The standard InChI is InChI=1S/C11H12N4O2/c1-2-4-9-13-7-5-3-6-8(15(16)17)10(7)11(12)14-9/h3,5-6H,2,4H2,1H3,(H2,12,13,14). The van der Waals surface area contributed by atoms with Gasteiger partial charge in [-0.3, -0.25) is 10.1 Å². The number of fused-ring (bicyclic) bond motifs is 1. The minimum absolute atomic E-state index is 0.0527. The first-order chi connectivity index (χ1) is 8.13. The summed E-state index contributed by atoms with van der Waals surface area (Å²) in [5.74, 6) is 0.795. The first-order valence-electron chi connectivity index (χ1n) is 5.33. The lowest BCUT2D eigenvalue weighted by Crippen LogP contribution is -2.02. The summed E-state index contributed by atoms with van der Waals surface area (Å²) in [6, 6.07) is 4.71. The molecule has 6 nitrogen and oxygen atoms in total. The molecule has 0 atom stereocenters. The van der Waals surface area contributed by atoms with E-state index in [4.69, 9.17) is 5.73 Å². The second kappa shape index (κ2) is 4.32. The number of hydrogen-bond donors (Lipinski definition) is 1. The van der Waals surface area contributed by atoms with Gasteiger partial charge in [0.05, 0.1) is 10.4 Å². The Morgan fingerprint density at radius 1 is 1.41 bits per heavy atom. The zero-order valence-electron chi connectivity index (χ0n) is 9.38. The molecule has 2 aromatic rings. The van der Waals surface area contributed by atoms with Crippen LogP contribution in [-0.4, -0.2) is 14.9 Å². The Balaban J connectivity index is 2.71. The van der Waals surface area contributed by atoms with E-state index in [0.717, 1.165) is 6.42 Å². The fourth-order valence-corrected chi connectivity index (χ4v) is 1.73. The Morgan fingerprint density at radius 2 is 2.18 bits per heavy atom. The summed E-state index contributed by atoms with van der Waals surface area (Å²) in [5.41, 5.74) is 6.24. The van der Waals surface area contributed by atoms with Gasteiger partial charge in [0.25, 0.3) is 5.69 Å². The Bertz CT molecular complexity index is 583. The van der Waals surface area contributed by atoms with Gasteiger partial charge in [-0.15, -0.1) is 0 Å². The lowest BCUT2D eigenvalue weighted by molar-refractivity contribution is -0.383. The highest BCUT2D eigenvalue weighted by atomic mass is 16.6. The normalized spacial score (nSPS) is 10.6. The van der Waals surface area contributed by atoms with E-state index in [0.29, 0.717) is 23.1 Å². The zero-order chi connectivity index (χ0) is 12.4. The predicted molar refractivity (Wildman–Crippen MR) is 64.6 cm³/mol. The van der Waals surface area contributed by atoms with Crippen LogP contribution in [0.1, 0.15) is 19.2 Å². The second-order valence-corrected chi connectivity index (χ2v) is 3.70. The molecule has 2 rings (SSSR count). The number of hydrogen-bond acceptors (Lipinski definition) is 5. The van der Waals surface area contributed by atoms with Gasteiger partial charge in [-0.1, -0.05) is 13.0 Å². The van der Waals surface area contributed by atoms with E-state index in [2.05, 4.69) is 9.97 Å². The Kier molecular flexibility index (Phi) is 2.86. The highest BCUT2D eigenvalue weighted by Gasteiger charge is 2.16. The van der Waals surface area contributed by atoms with Crippen LogP contribution in [0.5, 0.6) is 0 Å². The van der Waals surface area contributed by atoms with Crippen molar-refractivity contribution in [3.8, 4) is 0 Å². The van der Waals surface area contributed by atoms with Crippen LogP contribution < -0.4 is 5.73 Å². The van der Waals surface area contributed by atoms with Gasteiger partial charge in [0.1, 0.15) is 17.0 Å². The van der Waals surface area contributed by atoms with Crippen molar-refractivity contribution in [2.45, 2.75) is 19.8 Å². The molecule has 0 spiro atoms. The molecule has 1 heterocycles. The number of nitro benzene ring substituents is 1. The number of nitrogens with two attached hydrogens (primary N) is 1. The SMILES string of the molecule is CCCc1nc(N)c2c([N+](=O)[O-])cccc2n1. The monoisotopic (exact) mass is 232 g/mol. The molecule has 0 fully saturated rings. The number of rotatable bonds is 3. The molecule has 0 aliphatic heterocycles. The topological polar surface area (TPSA) is 94.9 Å². The van der Waals surface area contributed by atoms with Crippen molar-refractivity contribution < 1.29 is 4.92 Å². The quantitative estimate of drug-likeness (QED) is 0.645. The number of nitrogens with zero attached hydrogens (tertiary/aromatic N) is 3. The number of non-ortho nitro benzene ring substituents is 1. The minimum Gasteiger partial charge on any atom is -0.383 e. The number of aryl methyl sites for hydroxylation is 1. The summed E-state index contributed by atoms with van der Waals surface area (Å²) in [7, 11) is 0. The fourth-order valence-electron chi connectivity index (χ4n) is 1.73. The molecule has 0 amide bonds. The molecule has 17 heavy (non-hydrogen) atoms. The van der Waals surface area contributed by atoms with E-state index in [1.807, 2.05) is 6.92 Å². The molecule has 2 N–H and O–H groups in total. The molecule has 6 heteroatoms. The third kappa shape index (κ3) is 2.01. The highest BCUT2D eigenvalue weighted by Crippen LogP contribution is 2.28. The fraction of sp³-hybridized carbons (Fsp3) is 0.273. The number of benzene rings is 1. The van der Waals surface area contributed by atoms with Gasteiger partial charge in [0.2, 0.25) is 0 Å². The number of anilines is 1. The first-order valence-corrected chi connectivity index (χ1v) is 5.33. The summed E-state index contributed by atoms with van der Waals surface area (Å²) < 4.78 is 0. The van der Waals surface area contributed by atoms with Gasteiger partial charge < -0.3 is 5.73 Å². The van der Waals surface area contributed by atoms with Crippen molar-refractivity contribution in [3.05, 3.63) is 34.1 Å². The van der Waals surface area contributed by atoms with E-state index < -0.39 is 4.92 Å². The third-order valence-electron chi connectivity index (χ3n) is 2.45. The van der Waals surface area contributed by atoms with Crippen molar-refractivity contribution in [3.63, 3.8) is 0 Å². The number of aromatic nitrogens is 2. The van der Waals surface area contributed by atoms with Crippen LogP contribution in [0.2, 0.25) is 0 Å². The molecule has 0 saturated heterocycles. The summed E-state index contributed by atoms with van der Waals surface area (Å²) in [5, 5.41) is 11.2. The maximum Gasteiger partial charge on any atom is 0.282 e. The minimum atomic E-state index is -0.471. The molecular formula is C11H12N4O2. The van der Waals surface area contributed by atoms with Crippen molar-refractivity contribution >= 4 is 22.4 Å². The molecule has 0 bridgehead atoms. The maximum atomic E-state index is 10.9. The second-order valence-electron chi connectivity index (χ2n) is 3.70. The first kappa shape index (κ1) is 11.3. The number of nitro groups is 1. The number of nitrogen functional groups attached to an aromatic ring is 1. The molecule has 0 aliphatic rings. The molecular weight excluding hydrogens is 220 g/mol. The largest absolute Gasteiger partial charge is 0.383 e. The van der Waals surface area contributed by atoms with Gasteiger partial charge in [-0.25, -0.2) is 9.97 Å². The van der Waals surface area contributed by atoms with Crippen molar-refractivity contribution in [1.82, 2.24) is 9.97 Å². The van der Waals surface area contributed by atoms with Crippen molar-refractivity contribution in [2.75, 3.05) is 5.73 Å². The third-order valence-corrected chi connectivity index (χ3v) is 2.45. The Morgan fingerprint density at radius 3 is 2.82 bits per heavy atom. The van der Waals surface area contributed by atoms with E-state index in [9.17, 15) is 10.1 Å². The van der Waals surface area contributed by atoms with Gasteiger partial charge in [0, 0.05) is 12.5 Å². The predicted octanol–water partition coefficient (Wildman–Crippen LogP) is 2.07. The molecule has 1 aromatic heterocycles. The van der Waals surface area contributed by atoms with Gasteiger partial charge >= 0.3 is 0 Å². The van der Waals surface area contributed by atoms with E-state index in [1.54, 1.807) is 12.1 Å². The summed E-state index contributed by atoms with van der Waals surface area (Å²) in [4.78, 5) is 18.8. The van der Waals surface area contributed by atoms with Crippen molar-refractivity contribution in [1.29, 1.82) is 0 Å². The van der Waals surface area contributed by atoms with Crippen molar-refractivity contribution in [2.24, 2.45) is 0 Å². The Hall–Kier alpha value is -2.24. The van der Waals surface area contributed by atoms with Crippen LogP contribution in [0, 0.1) is 10.1 Å². The molecule has 0 saturated carbocycles. The summed E-state index contributed by atoms with van der Waals surface area (Å²) in [6.07, 6.45) is 1.61. The van der Waals surface area contributed by atoms with Crippen LogP contribution in [0.15, 0.2) is 18.2 Å². The van der Waals surface area contributed by atoms with Crippen LogP contribution in [0.3, 0.4) is 0 Å².